The van der Waals surface area contributed by atoms with Crippen LogP contribution in [-0.4, -0.2) is 66.2 Å². The average molecular weight is 491 g/mol. The number of aromatic nitrogens is 5. The van der Waals surface area contributed by atoms with Crippen molar-refractivity contribution in [1.82, 2.24) is 29.4 Å². The van der Waals surface area contributed by atoms with E-state index >= 15 is 0 Å². The van der Waals surface area contributed by atoms with Gasteiger partial charge in [-0.05, 0) is 44.9 Å². The van der Waals surface area contributed by atoms with Gasteiger partial charge in [0.25, 0.3) is 11.5 Å². The second kappa shape index (κ2) is 8.83. The summed E-state index contributed by atoms with van der Waals surface area (Å²) in [5.74, 6) is 0.120. The molecule has 4 aromatic heterocycles. The predicted octanol–water partition coefficient (Wildman–Crippen LogP) is 1.64. The van der Waals surface area contributed by atoms with Crippen molar-refractivity contribution in [2.45, 2.75) is 38.3 Å². The van der Waals surface area contributed by atoms with Crippen LogP contribution < -0.4 is 16.0 Å². The summed E-state index contributed by atoms with van der Waals surface area (Å²) in [5, 5.41) is 10.4. The number of piperidine rings is 1. The molecular formula is C25H26N6O5. The number of hydrogen-bond donors (Lipinski definition) is 2. The molecule has 0 saturated carbocycles. The maximum absolute atomic E-state index is 13.1. The van der Waals surface area contributed by atoms with Crippen molar-refractivity contribution in [1.29, 1.82) is 0 Å². The molecular weight excluding hydrogens is 464 g/mol. The molecule has 36 heavy (non-hydrogen) atoms. The summed E-state index contributed by atoms with van der Waals surface area (Å²) in [5.41, 5.74) is 0.194. The normalized spacial score (nSPS) is 14.9. The maximum Gasteiger partial charge on any atom is 0.329 e. The Morgan fingerprint density at radius 3 is 2.50 bits per heavy atom. The van der Waals surface area contributed by atoms with Crippen molar-refractivity contribution in [2.75, 3.05) is 20.2 Å². The Morgan fingerprint density at radius 2 is 1.86 bits per heavy atom. The third-order valence-electron chi connectivity index (χ3n) is 6.49. The number of methoxy groups -OCH3 is 1. The summed E-state index contributed by atoms with van der Waals surface area (Å²) in [6.07, 6.45) is 4.06. The topological polar surface area (TPSA) is 143 Å². The van der Waals surface area contributed by atoms with Crippen molar-refractivity contribution in [3.05, 3.63) is 57.5 Å². The summed E-state index contributed by atoms with van der Waals surface area (Å²) in [4.78, 5) is 55.7. The number of likely N-dealkylation sites (tertiary alicyclic amines) is 1. The smallest absolute Gasteiger partial charge is 0.329 e. The summed E-state index contributed by atoms with van der Waals surface area (Å²) >= 11 is 0. The fourth-order valence-corrected chi connectivity index (χ4v) is 4.67. The highest BCUT2D eigenvalue weighted by atomic mass is 16.5. The van der Waals surface area contributed by atoms with E-state index in [2.05, 4.69) is 15.0 Å². The van der Waals surface area contributed by atoms with E-state index in [1.54, 1.807) is 33.9 Å². The van der Waals surface area contributed by atoms with Gasteiger partial charge in [-0.1, -0.05) is 0 Å². The minimum atomic E-state index is -1.47. The first-order chi connectivity index (χ1) is 17.2. The van der Waals surface area contributed by atoms with E-state index in [4.69, 9.17) is 9.72 Å². The number of amides is 1. The largest absolute Gasteiger partial charge is 0.481 e. The number of fused-ring (bicyclic) bond motifs is 3. The predicted molar refractivity (Wildman–Crippen MR) is 133 cm³/mol. The van der Waals surface area contributed by atoms with Crippen molar-refractivity contribution in [3.8, 4) is 17.1 Å². The van der Waals surface area contributed by atoms with Gasteiger partial charge in [0.2, 0.25) is 5.88 Å². The molecule has 1 aliphatic heterocycles. The summed E-state index contributed by atoms with van der Waals surface area (Å²) in [6, 6.07) is 6.88. The van der Waals surface area contributed by atoms with Crippen LogP contribution in [0.3, 0.4) is 0 Å². The SMILES string of the molecule is COc1ccc(-c2ccc3ncc4c(=O)[nH]c(=O)n(C5CCN(C(=O)C(C)(C)O)CC5)c4c3n2)cn1. The monoisotopic (exact) mass is 490 g/mol. The van der Waals surface area contributed by atoms with Crippen LogP contribution in [0.15, 0.2) is 46.2 Å². The quantitative estimate of drug-likeness (QED) is 0.411. The number of aromatic amines is 1. The number of aliphatic hydroxyl groups is 1. The molecule has 0 unspecified atom stereocenters. The van der Waals surface area contributed by atoms with Crippen molar-refractivity contribution >= 4 is 27.8 Å². The number of pyridine rings is 3. The average Bonchev–Trinajstić information content (AvgIpc) is 2.87. The van der Waals surface area contributed by atoms with Crippen molar-refractivity contribution in [2.24, 2.45) is 0 Å². The van der Waals surface area contributed by atoms with E-state index in [-0.39, 0.29) is 17.3 Å². The van der Waals surface area contributed by atoms with Gasteiger partial charge in [-0.15, -0.1) is 0 Å². The standard InChI is InChI=1S/C25H26N6O5/c1-25(2,35)23(33)30-10-8-15(9-11-30)31-21-16(22(32)29-24(31)34)13-26-18-6-5-17(28-20(18)21)14-4-7-19(36-3)27-12-14/h4-7,12-13,15,35H,8-11H2,1-3H3,(H,29,32,34). The van der Waals surface area contributed by atoms with Gasteiger partial charge >= 0.3 is 5.69 Å². The molecule has 0 spiro atoms. The molecule has 0 aliphatic carbocycles. The number of carbonyl (C=O) groups excluding carboxylic acids is 1. The Kier molecular flexibility index (Phi) is 5.79. The van der Waals surface area contributed by atoms with Gasteiger partial charge in [0.1, 0.15) is 11.1 Å². The van der Waals surface area contributed by atoms with Crippen LogP contribution in [0.1, 0.15) is 32.7 Å². The first kappa shape index (κ1) is 23.6. The van der Waals surface area contributed by atoms with Gasteiger partial charge in [0, 0.05) is 43.2 Å². The summed E-state index contributed by atoms with van der Waals surface area (Å²) in [7, 11) is 1.54. The number of H-pyrrole nitrogens is 1. The molecule has 4 aromatic rings. The zero-order chi connectivity index (χ0) is 25.6. The molecule has 2 N–H and O–H groups in total. The molecule has 0 aromatic carbocycles. The lowest BCUT2D eigenvalue weighted by molar-refractivity contribution is -0.149. The van der Waals surface area contributed by atoms with Crippen LogP contribution in [0.2, 0.25) is 0 Å². The second-order valence-corrected chi connectivity index (χ2v) is 9.39. The van der Waals surface area contributed by atoms with Gasteiger partial charge in [-0.25, -0.2) is 14.8 Å². The number of carbonyl (C=O) groups is 1. The van der Waals surface area contributed by atoms with Crippen LogP contribution >= 0.6 is 0 Å². The highest BCUT2D eigenvalue weighted by Crippen LogP contribution is 2.29. The van der Waals surface area contributed by atoms with E-state index in [1.807, 2.05) is 6.07 Å². The Balaban J connectivity index is 1.63. The Morgan fingerprint density at radius 1 is 1.11 bits per heavy atom. The first-order valence-electron chi connectivity index (χ1n) is 11.6. The molecule has 5 rings (SSSR count). The van der Waals surface area contributed by atoms with Gasteiger partial charge < -0.3 is 14.7 Å². The first-order valence-corrected chi connectivity index (χ1v) is 11.6. The summed E-state index contributed by atoms with van der Waals surface area (Å²) < 4.78 is 6.69. The van der Waals surface area contributed by atoms with Crippen LogP contribution in [0, 0.1) is 0 Å². The molecule has 11 nitrogen and oxygen atoms in total. The third kappa shape index (κ3) is 4.11. The lowest BCUT2D eigenvalue weighted by Crippen LogP contribution is -2.49. The van der Waals surface area contributed by atoms with E-state index < -0.39 is 16.9 Å². The molecule has 1 saturated heterocycles. The van der Waals surface area contributed by atoms with Crippen molar-refractivity contribution in [3.63, 3.8) is 0 Å². The van der Waals surface area contributed by atoms with Gasteiger partial charge in [-0.3, -0.25) is 24.1 Å². The van der Waals surface area contributed by atoms with E-state index in [0.29, 0.717) is 54.1 Å². The van der Waals surface area contributed by atoms with E-state index in [0.717, 1.165) is 5.56 Å². The molecule has 0 bridgehead atoms. The zero-order valence-corrected chi connectivity index (χ0v) is 20.2. The Bertz CT molecular complexity index is 1580. The highest BCUT2D eigenvalue weighted by molar-refractivity contribution is 6.01. The van der Waals surface area contributed by atoms with Crippen molar-refractivity contribution < 1.29 is 14.6 Å². The molecule has 1 fully saturated rings. The van der Waals surface area contributed by atoms with E-state index in [9.17, 15) is 19.5 Å². The number of rotatable bonds is 4. The second-order valence-electron chi connectivity index (χ2n) is 9.39. The molecule has 1 aliphatic rings. The van der Waals surface area contributed by atoms with Gasteiger partial charge in [0.05, 0.1) is 29.2 Å². The van der Waals surface area contributed by atoms with Crippen LogP contribution in [0.4, 0.5) is 0 Å². The lowest BCUT2D eigenvalue weighted by Gasteiger charge is -2.36. The molecule has 0 atom stereocenters. The number of hydrogen-bond acceptors (Lipinski definition) is 8. The minimum Gasteiger partial charge on any atom is -0.481 e. The molecule has 0 radical (unpaired) electrons. The molecule has 5 heterocycles. The number of nitrogens with zero attached hydrogens (tertiary/aromatic N) is 5. The molecule has 11 heteroatoms. The Labute approximate surface area is 205 Å². The van der Waals surface area contributed by atoms with E-state index in [1.165, 1.54) is 27.2 Å². The summed E-state index contributed by atoms with van der Waals surface area (Å²) in [6.45, 7) is 3.67. The van der Waals surface area contributed by atoms with Crippen LogP contribution in [0.25, 0.3) is 33.2 Å². The lowest BCUT2D eigenvalue weighted by atomic mass is 10.0. The van der Waals surface area contributed by atoms with Gasteiger partial charge in [-0.2, -0.15) is 0 Å². The maximum atomic E-state index is 13.1. The minimum absolute atomic E-state index is 0.259. The van der Waals surface area contributed by atoms with Gasteiger partial charge in [0.15, 0.2) is 0 Å². The molecule has 186 valence electrons. The number of ether oxygens (including phenoxy) is 1. The highest BCUT2D eigenvalue weighted by Gasteiger charge is 2.33. The zero-order valence-electron chi connectivity index (χ0n) is 20.2. The van der Waals surface area contributed by atoms with Crippen LogP contribution in [-0.2, 0) is 4.79 Å². The van der Waals surface area contributed by atoms with Crippen LogP contribution in [0.5, 0.6) is 5.88 Å². The number of nitrogens with one attached hydrogen (secondary N) is 1. The Hall–Kier alpha value is -4.12. The third-order valence-corrected chi connectivity index (χ3v) is 6.49. The molecule has 1 amide bonds. The fourth-order valence-electron chi connectivity index (χ4n) is 4.67. The fraction of sp³-hybridized carbons (Fsp3) is 0.360.